The van der Waals surface area contributed by atoms with Gasteiger partial charge in [-0.15, -0.1) is 11.6 Å². The van der Waals surface area contributed by atoms with Gasteiger partial charge in [0.2, 0.25) is 0 Å². The lowest BCUT2D eigenvalue weighted by Gasteiger charge is -2.10. The minimum absolute atomic E-state index is 0.635. The molecule has 1 aromatic rings. The Morgan fingerprint density at radius 1 is 1.31 bits per heavy atom. The summed E-state index contributed by atoms with van der Waals surface area (Å²) in [4.78, 5) is 0. The lowest BCUT2D eigenvalue weighted by Crippen LogP contribution is -1.92. The zero-order valence-corrected chi connectivity index (χ0v) is 10.7. The monoisotopic (exact) mass is 240 g/mol. The Labute approximate surface area is 102 Å². The van der Waals surface area contributed by atoms with E-state index in [9.17, 15) is 0 Å². The predicted molar refractivity (Wildman–Crippen MR) is 68.5 cm³/mol. The van der Waals surface area contributed by atoms with Crippen molar-refractivity contribution >= 4 is 17.2 Å². The molecule has 3 heteroatoms. The molecule has 16 heavy (non-hydrogen) atoms. The van der Waals surface area contributed by atoms with Crippen LogP contribution in [0.2, 0.25) is 0 Å². The fraction of sp³-hybridized carbons (Fsp3) is 0.385. The van der Waals surface area contributed by atoms with Crippen molar-refractivity contribution in [2.45, 2.75) is 13.3 Å². The van der Waals surface area contributed by atoms with E-state index in [-0.39, 0.29) is 0 Å². The molecule has 0 N–H and O–H groups in total. The van der Waals surface area contributed by atoms with Gasteiger partial charge in [0, 0.05) is 17.5 Å². The zero-order valence-electron chi connectivity index (χ0n) is 9.92. The third-order valence-corrected chi connectivity index (χ3v) is 2.61. The van der Waals surface area contributed by atoms with Gasteiger partial charge in [-0.05, 0) is 31.1 Å². The Hall–Kier alpha value is -1.15. The first-order chi connectivity index (χ1) is 7.72. The number of ether oxygens (including phenoxy) is 2. The van der Waals surface area contributed by atoms with Crippen molar-refractivity contribution in [3.63, 3.8) is 0 Å². The maximum atomic E-state index is 5.66. The molecule has 0 fully saturated rings. The zero-order chi connectivity index (χ0) is 12.0. The van der Waals surface area contributed by atoms with Gasteiger partial charge in [-0.3, -0.25) is 0 Å². The Morgan fingerprint density at radius 2 is 2.06 bits per heavy atom. The summed E-state index contributed by atoms with van der Waals surface area (Å²) in [5, 5.41) is 0. The molecule has 0 amide bonds. The summed E-state index contributed by atoms with van der Waals surface area (Å²) in [7, 11) is 3.30. The molecule has 0 unspecified atom stereocenters. The molecule has 0 aliphatic rings. The molecular weight excluding hydrogens is 224 g/mol. The molecule has 88 valence electrons. The van der Waals surface area contributed by atoms with Gasteiger partial charge >= 0.3 is 0 Å². The van der Waals surface area contributed by atoms with Crippen LogP contribution in [0, 0.1) is 0 Å². The molecule has 0 spiro atoms. The van der Waals surface area contributed by atoms with E-state index in [1.165, 1.54) is 5.57 Å². The summed E-state index contributed by atoms with van der Waals surface area (Å²) in [6.45, 7) is 2.05. The van der Waals surface area contributed by atoms with Crippen molar-refractivity contribution in [1.82, 2.24) is 0 Å². The highest BCUT2D eigenvalue weighted by atomic mass is 35.5. The van der Waals surface area contributed by atoms with Crippen LogP contribution in [0.25, 0.3) is 5.57 Å². The van der Waals surface area contributed by atoms with Crippen LogP contribution in [0.5, 0.6) is 11.5 Å². The van der Waals surface area contributed by atoms with Crippen LogP contribution in [-0.4, -0.2) is 20.1 Å². The van der Waals surface area contributed by atoms with Gasteiger partial charge in [-0.1, -0.05) is 6.08 Å². The smallest absolute Gasteiger partial charge is 0.130 e. The fourth-order valence-electron chi connectivity index (χ4n) is 1.51. The van der Waals surface area contributed by atoms with Crippen molar-refractivity contribution < 1.29 is 9.47 Å². The number of alkyl halides is 1. The second-order valence-corrected chi connectivity index (χ2v) is 3.81. The van der Waals surface area contributed by atoms with E-state index in [0.29, 0.717) is 5.88 Å². The molecule has 0 heterocycles. The number of benzene rings is 1. The molecule has 2 nitrogen and oxygen atoms in total. The topological polar surface area (TPSA) is 18.5 Å². The largest absolute Gasteiger partial charge is 0.497 e. The predicted octanol–water partition coefficient (Wildman–Crippen LogP) is 3.74. The fourth-order valence-corrected chi connectivity index (χ4v) is 1.61. The van der Waals surface area contributed by atoms with Crippen LogP contribution in [-0.2, 0) is 0 Å². The van der Waals surface area contributed by atoms with Gasteiger partial charge in [0.25, 0.3) is 0 Å². The lowest BCUT2D eigenvalue weighted by molar-refractivity contribution is 0.393. The Morgan fingerprint density at radius 3 is 2.62 bits per heavy atom. The van der Waals surface area contributed by atoms with E-state index >= 15 is 0 Å². The highest BCUT2D eigenvalue weighted by molar-refractivity contribution is 6.17. The molecule has 0 bridgehead atoms. The molecule has 0 radical (unpaired) electrons. The molecule has 0 saturated carbocycles. The van der Waals surface area contributed by atoms with Gasteiger partial charge in [0.1, 0.15) is 11.5 Å². The van der Waals surface area contributed by atoms with Crippen LogP contribution in [0.15, 0.2) is 24.3 Å². The van der Waals surface area contributed by atoms with Gasteiger partial charge in [0.05, 0.1) is 14.2 Å². The normalized spacial score (nSPS) is 11.4. The van der Waals surface area contributed by atoms with Crippen LogP contribution < -0.4 is 9.47 Å². The summed E-state index contributed by atoms with van der Waals surface area (Å²) < 4.78 is 10.5. The highest BCUT2D eigenvalue weighted by Gasteiger charge is 2.06. The summed E-state index contributed by atoms with van der Waals surface area (Å²) in [5.74, 6) is 2.25. The average molecular weight is 241 g/mol. The maximum absolute atomic E-state index is 5.66. The number of hydrogen-bond donors (Lipinski definition) is 0. The standard InChI is InChI=1S/C13H17ClO2/c1-10(5-4-8-14)12-7-6-11(15-2)9-13(12)16-3/h5-7,9H,4,8H2,1-3H3/b10-5+. The minimum Gasteiger partial charge on any atom is -0.497 e. The molecular formula is C13H17ClO2. The molecule has 0 aromatic heterocycles. The van der Waals surface area contributed by atoms with Crippen LogP contribution in [0.4, 0.5) is 0 Å². The first-order valence-corrected chi connectivity index (χ1v) is 5.71. The molecule has 0 atom stereocenters. The van der Waals surface area contributed by atoms with E-state index < -0.39 is 0 Å². The van der Waals surface area contributed by atoms with Crippen molar-refractivity contribution in [3.8, 4) is 11.5 Å². The van der Waals surface area contributed by atoms with Crippen molar-refractivity contribution in [2.24, 2.45) is 0 Å². The molecule has 0 aliphatic carbocycles. The number of methoxy groups -OCH3 is 2. The molecule has 0 aliphatic heterocycles. The van der Waals surface area contributed by atoms with Gasteiger partial charge in [-0.2, -0.15) is 0 Å². The number of hydrogen-bond acceptors (Lipinski definition) is 2. The van der Waals surface area contributed by atoms with E-state index in [0.717, 1.165) is 23.5 Å². The van der Waals surface area contributed by atoms with Crippen LogP contribution in [0.3, 0.4) is 0 Å². The average Bonchev–Trinajstić information content (AvgIpc) is 2.34. The second-order valence-electron chi connectivity index (χ2n) is 3.43. The van der Waals surface area contributed by atoms with Crippen molar-refractivity contribution in [3.05, 3.63) is 29.8 Å². The third kappa shape index (κ3) is 3.17. The van der Waals surface area contributed by atoms with Crippen molar-refractivity contribution in [2.75, 3.05) is 20.1 Å². The SMILES string of the molecule is COc1ccc(/C(C)=C/CCCl)c(OC)c1. The van der Waals surface area contributed by atoms with Crippen molar-refractivity contribution in [1.29, 1.82) is 0 Å². The molecule has 1 rings (SSSR count). The summed E-state index contributed by atoms with van der Waals surface area (Å²) >= 11 is 5.66. The lowest BCUT2D eigenvalue weighted by atomic mass is 10.1. The summed E-state index contributed by atoms with van der Waals surface area (Å²) in [6.07, 6.45) is 2.97. The summed E-state index contributed by atoms with van der Waals surface area (Å²) in [6, 6.07) is 5.81. The van der Waals surface area contributed by atoms with Gasteiger partial charge in [0.15, 0.2) is 0 Å². The van der Waals surface area contributed by atoms with Gasteiger partial charge < -0.3 is 9.47 Å². The Kier molecular flexibility index (Phi) is 5.20. The van der Waals surface area contributed by atoms with Crippen LogP contribution >= 0.6 is 11.6 Å². The Balaban J connectivity index is 3.03. The third-order valence-electron chi connectivity index (χ3n) is 2.39. The first kappa shape index (κ1) is 12.9. The van der Waals surface area contributed by atoms with E-state index in [1.807, 2.05) is 18.2 Å². The quantitative estimate of drug-likeness (QED) is 0.730. The second kappa shape index (κ2) is 6.44. The van der Waals surface area contributed by atoms with E-state index in [1.54, 1.807) is 14.2 Å². The van der Waals surface area contributed by atoms with Gasteiger partial charge in [-0.25, -0.2) is 0 Å². The number of allylic oxidation sites excluding steroid dienone is 2. The summed E-state index contributed by atoms with van der Waals surface area (Å²) in [5.41, 5.74) is 2.24. The first-order valence-electron chi connectivity index (χ1n) is 5.18. The van der Waals surface area contributed by atoms with E-state index in [4.69, 9.17) is 21.1 Å². The van der Waals surface area contributed by atoms with Crippen LogP contribution in [0.1, 0.15) is 18.9 Å². The Bertz CT molecular complexity index is 372. The van der Waals surface area contributed by atoms with E-state index in [2.05, 4.69) is 13.0 Å². The highest BCUT2D eigenvalue weighted by Crippen LogP contribution is 2.30. The number of halogens is 1. The maximum Gasteiger partial charge on any atom is 0.130 e. The molecule has 0 saturated heterocycles. The molecule has 1 aromatic carbocycles. The number of rotatable bonds is 5. The minimum atomic E-state index is 0.635.